The van der Waals surface area contributed by atoms with Gasteiger partial charge in [0.05, 0.1) is 11.0 Å². The van der Waals surface area contributed by atoms with Crippen molar-refractivity contribution in [1.29, 1.82) is 0 Å². The first-order valence-electron chi connectivity index (χ1n) is 9.25. The number of nitrogens with zero attached hydrogens (tertiary/aromatic N) is 2. The molecule has 2 heterocycles. The smallest absolute Gasteiger partial charge is 0.243 e. The fraction of sp³-hybridized carbons (Fsp3) is 0.611. The molecule has 2 aliphatic heterocycles. The average Bonchev–Trinajstić information content (AvgIpc) is 3.36. The van der Waals surface area contributed by atoms with Crippen molar-refractivity contribution in [2.45, 2.75) is 43.2 Å². The zero-order valence-electron chi connectivity index (χ0n) is 15.3. The van der Waals surface area contributed by atoms with Gasteiger partial charge in [0.1, 0.15) is 0 Å². The highest BCUT2D eigenvalue weighted by molar-refractivity contribution is 7.89. The molecule has 1 aromatic rings. The summed E-state index contributed by atoms with van der Waals surface area (Å²) in [6.45, 7) is 3.41. The Morgan fingerprint density at radius 2 is 1.92 bits per heavy atom. The molecule has 8 heteroatoms. The van der Waals surface area contributed by atoms with Gasteiger partial charge in [0.2, 0.25) is 10.0 Å². The fourth-order valence-electron chi connectivity index (χ4n) is 3.28. The monoisotopic (exact) mass is 380 g/mol. The largest absolute Gasteiger partial charge is 0.376 e. The summed E-state index contributed by atoms with van der Waals surface area (Å²) in [5.41, 5.74) is 1.01. The van der Waals surface area contributed by atoms with Crippen LogP contribution in [0.2, 0.25) is 0 Å². The molecular weight excluding hydrogens is 352 g/mol. The first-order chi connectivity index (χ1) is 12.6. The summed E-state index contributed by atoms with van der Waals surface area (Å²) in [5.74, 6) is 0.717. The van der Waals surface area contributed by atoms with Crippen LogP contribution in [0.4, 0.5) is 0 Å². The molecule has 2 fully saturated rings. The maximum Gasteiger partial charge on any atom is 0.243 e. The van der Waals surface area contributed by atoms with Crippen LogP contribution in [-0.2, 0) is 21.3 Å². The van der Waals surface area contributed by atoms with Crippen molar-refractivity contribution in [1.82, 2.24) is 14.9 Å². The molecule has 0 spiro atoms. The molecule has 26 heavy (non-hydrogen) atoms. The van der Waals surface area contributed by atoms with Gasteiger partial charge in [0.25, 0.3) is 0 Å². The van der Waals surface area contributed by atoms with E-state index >= 15 is 0 Å². The van der Waals surface area contributed by atoms with E-state index in [1.54, 1.807) is 23.5 Å². The molecular formula is C18H28N4O3S. The maximum atomic E-state index is 12.5. The number of rotatable bonds is 6. The molecule has 0 aromatic heterocycles. The van der Waals surface area contributed by atoms with E-state index in [1.807, 2.05) is 12.1 Å². The van der Waals surface area contributed by atoms with Crippen LogP contribution in [0.5, 0.6) is 0 Å². The molecule has 0 radical (unpaired) electrons. The van der Waals surface area contributed by atoms with Crippen molar-refractivity contribution in [3.05, 3.63) is 29.8 Å². The molecule has 0 saturated carbocycles. The van der Waals surface area contributed by atoms with Gasteiger partial charge in [0, 0.05) is 39.8 Å². The lowest BCUT2D eigenvalue weighted by molar-refractivity contribution is 0.114. The summed E-state index contributed by atoms with van der Waals surface area (Å²) in [6, 6.07) is 7.08. The summed E-state index contributed by atoms with van der Waals surface area (Å²) in [7, 11) is -1.61. The van der Waals surface area contributed by atoms with Crippen molar-refractivity contribution < 1.29 is 13.2 Å². The highest BCUT2D eigenvalue weighted by Crippen LogP contribution is 2.21. The molecule has 1 aromatic carbocycles. The standard InChI is InChI=1S/C18H28N4O3S/c1-19-18(21-14-16-5-4-12-25-16)20-13-15-6-8-17(9-7-15)26(23,24)22-10-2-3-11-22/h6-9,16H,2-5,10-14H2,1H3,(H2,19,20,21). The van der Waals surface area contributed by atoms with E-state index in [9.17, 15) is 8.42 Å². The second-order valence-corrected chi connectivity index (χ2v) is 8.63. The third kappa shape index (κ3) is 4.75. The number of sulfonamides is 1. The van der Waals surface area contributed by atoms with Crippen molar-refractivity contribution >= 4 is 16.0 Å². The van der Waals surface area contributed by atoms with Crippen LogP contribution >= 0.6 is 0 Å². The van der Waals surface area contributed by atoms with Gasteiger partial charge in [-0.25, -0.2) is 8.42 Å². The topological polar surface area (TPSA) is 83.0 Å². The Morgan fingerprint density at radius 3 is 2.54 bits per heavy atom. The van der Waals surface area contributed by atoms with Crippen molar-refractivity contribution in [2.75, 3.05) is 33.3 Å². The Bertz CT molecular complexity index is 706. The first-order valence-corrected chi connectivity index (χ1v) is 10.7. The SMILES string of the molecule is CN=C(NCc1ccc(S(=O)(=O)N2CCCC2)cc1)NCC1CCCO1. The van der Waals surface area contributed by atoms with E-state index in [2.05, 4.69) is 15.6 Å². The quantitative estimate of drug-likeness (QED) is 0.574. The molecule has 7 nitrogen and oxygen atoms in total. The lowest BCUT2D eigenvalue weighted by atomic mass is 10.2. The molecule has 1 atom stereocenters. The van der Waals surface area contributed by atoms with Crippen LogP contribution in [0.3, 0.4) is 0 Å². The van der Waals surface area contributed by atoms with Gasteiger partial charge in [-0.05, 0) is 43.4 Å². The molecule has 0 aliphatic carbocycles. The Kier molecular flexibility index (Phi) is 6.50. The zero-order valence-corrected chi connectivity index (χ0v) is 16.1. The molecule has 2 aliphatic rings. The molecule has 3 rings (SSSR count). The Morgan fingerprint density at radius 1 is 1.19 bits per heavy atom. The molecule has 0 amide bonds. The van der Waals surface area contributed by atoms with E-state index in [0.717, 1.165) is 44.4 Å². The van der Waals surface area contributed by atoms with Crippen molar-refractivity contribution in [3.8, 4) is 0 Å². The van der Waals surface area contributed by atoms with Gasteiger partial charge in [-0.1, -0.05) is 12.1 Å². The third-order valence-electron chi connectivity index (χ3n) is 4.83. The van der Waals surface area contributed by atoms with E-state index in [4.69, 9.17) is 4.74 Å². The number of hydrogen-bond donors (Lipinski definition) is 2. The molecule has 2 N–H and O–H groups in total. The molecule has 1 unspecified atom stereocenters. The van der Waals surface area contributed by atoms with E-state index in [0.29, 0.717) is 30.5 Å². The summed E-state index contributed by atoms with van der Waals surface area (Å²) < 4.78 is 32.2. The number of aliphatic imine (C=N–C) groups is 1. The van der Waals surface area contributed by atoms with Gasteiger partial charge in [-0.2, -0.15) is 4.31 Å². The van der Waals surface area contributed by atoms with Crippen molar-refractivity contribution in [2.24, 2.45) is 4.99 Å². The normalized spacial score (nSPS) is 21.9. The number of nitrogens with one attached hydrogen (secondary N) is 2. The van der Waals surface area contributed by atoms with Gasteiger partial charge >= 0.3 is 0 Å². The van der Waals surface area contributed by atoms with E-state index in [-0.39, 0.29) is 6.10 Å². The highest BCUT2D eigenvalue weighted by Gasteiger charge is 2.26. The number of hydrogen-bond acceptors (Lipinski definition) is 4. The lowest BCUT2D eigenvalue weighted by Crippen LogP contribution is -2.40. The number of ether oxygens (including phenoxy) is 1. The van der Waals surface area contributed by atoms with Gasteiger partial charge in [-0.15, -0.1) is 0 Å². The summed E-state index contributed by atoms with van der Waals surface area (Å²) in [6.07, 6.45) is 4.34. The van der Waals surface area contributed by atoms with Crippen LogP contribution in [0.25, 0.3) is 0 Å². The van der Waals surface area contributed by atoms with Crippen molar-refractivity contribution in [3.63, 3.8) is 0 Å². The maximum absolute atomic E-state index is 12.5. The summed E-state index contributed by atoms with van der Waals surface area (Å²) >= 11 is 0. The summed E-state index contributed by atoms with van der Waals surface area (Å²) in [4.78, 5) is 4.57. The van der Waals surface area contributed by atoms with Crippen LogP contribution in [0.1, 0.15) is 31.2 Å². The Balaban J connectivity index is 1.51. The second-order valence-electron chi connectivity index (χ2n) is 6.70. The molecule has 0 bridgehead atoms. The molecule has 2 saturated heterocycles. The van der Waals surface area contributed by atoms with Crippen LogP contribution in [0.15, 0.2) is 34.2 Å². The minimum absolute atomic E-state index is 0.253. The van der Waals surface area contributed by atoms with Gasteiger partial charge in [0.15, 0.2) is 5.96 Å². The summed E-state index contributed by atoms with van der Waals surface area (Å²) in [5, 5.41) is 6.51. The van der Waals surface area contributed by atoms with Gasteiger partial charge in [-0.3, -0.25) is 4.99 Å². The first kappa shape index (κ1) is 19.1. The lowest BCUT2D eigenvalue weighted by Gasteiger charge is -2.16. The third-order valence-corrected chi connectivity index (χ3v) is 6.74. The van der Waals surface area contributed by atoms with E-state index < -0.39 is 10.0 Å². The predicted molar refractivity (Wildman–Crippen MR) is 102 cm³/mol. The van der Waals surface area contributed by atoms with Crippen LogP contribution in [-0.4, -0.2) is 58.1 Å². The minimum atomic E-state index is -3.35. The zero-order chi connectivity index (χ0) is 18.4. The second kappa shape index (κ2) is 8.83. The Hall–Kier alpha value is -1.64. The van der Waals surface area contributed by atoms with Crippen LogP contribution in [0, 0.1) is 0 Å². The van der Waals surface area contributed by atoms with E-state index in [1.165, 1.54) is 0 Å². The van der Waals surface area contributed by atoms with Crippen LogP contribution < -0.4 is 10.6 Å². The number of guanidine groups is 1. The average molecular weight is 381 g/mol. The minimum Gasteiger partial charge on any atom is -0.376 e. The Labute approximate surface area is 155 Å². The predicted octanol–water partition coefficient (Wildman–Crippen LogP) is 1.32. The highest BCUT2D eigenvalue weighted by atomic mass is 32.2. The van der Waals surface area contributed by atoms with Gasteiger partial charge < -0.3 is 15.4 Å². The fourth-order valence-corrected chi connectivity index (χ4v) is 4.80. The number of benzene rings is 1. The molecule has 144 valence electrons.